The van der Waals surface area contributed by atoms with Gasteiger partial charge >= 0.3 is 5.97 Å². The Balaban J connectivity index is 2.42. The number of rotatable bonds is 3. The fourth-order valence-corrected chi connectivity index (χ4v) is 2.18. The third kappa shape index (κ3) is 2.14. The summed E-state index contributed by atoms with van der Waals surface area (Å²) >= 11 is 0. The molecule has 94 valence electrons. The summed E-state index contributed by atoms with van der Waals surface area (Å²) in [5, 5.41) is 9.20. The van der Waals surface area contributed by atoms with E-state index in [2.05, 4.69) is 6.58 Å². The van der Waals surface area contributed by atoms with Crippen molar-refractivity contribution >= 4 is 17.6 Å². The molecule has 1 atom stereocenters. The van der Waals surface area contributed by atoms with Gasteiger partial charge in [-0.3, -0.25) is 4.79 Å². The van der Waals surface area contributed by atoms with Gasteiger partial charge in [0.15, 0.2) is 0 Å². The van der Waals surface area contributed by atoms with Gasteiger partial charge in [0.25, 0.3) is 0 Å². The molecule has 0 aromatic heterocycles. The molecule has 1 N–H and O–H groups in total. The predicted molar refractivity (Wildman–Crippen MR) is 68.8 cm³/mol. The molecule has 1 fully saturated rings. The molecular weight excluding hydrogens is 230 g/mol. The van der Waals surface area contributed by atoms with E-state index in [1.54, 1.807) is 18.2 Å². The van der Waals surface area contributed by atoms with E-state index in [-0.39, 0.29) is 17.4 Å². The minimum Gasteiger partial charge on any atom is -0.478 e. The van der Waals surface area contributed by atoms with E-state index in [4.69, 9.17) is 0 Å². The lowest BCUT2D eigenvalue weighted by molar-refractivity contribution is -0.117. The number of hydrogen-bond acceptors (Lipinski definition) is 2. The van der Waals surface area contributed by atoms with Gasteiger partial charge in [0.2, 0.25) is 5.91 Å². The highest BCUT2D eigenvalue weighted by Gasteiger charge is 2.31. The number of carboxylic acids is 1. The number of hydrogen-bond donors (Lipinski definition) is 1. The van der Waals surface area contributed by atoms with Crippen molar-refractivity contribution in [3.63, 3.8) is 0 Å². The third-order valence-electron chi connectivity index (χ3n) is 3.16. The van der Waals surface area contributed by atoms with Crippen LogP contribution in [0.3, 0.4) is 0 Å². The summed E-state index contributed by atoms with van der Waals surface area (Å²) in [6.07, 6.45) is 2.14. The van der Waals surface area contributed by atoms with E-state index in [9.17, 15) is 14.7 Å². The van der Waals surface area contributed by atoms with Crippen molar-refractivity contribution in [3.8, 4) is 0 Å². The number of carbonyl (C=O) groups excluding carboxylic acids is 1. The summed E-state index contributed by atoms with van der Waals surface area (Å²) in [5.41, 5.74) is 1.51. The number of aryl methyl sites for hydroxylation is 1. The summed E-state index contributed by atoms with van der Waals surface area (Å²) in [6, 6.07) is 5.10. The second-order valence-electron chi connectivity index (χ2n) is 4.53. The number of nitrogens with zero attached hydrogens (tertiary/aromatic N) is 1. The molecular formula is C14H15NO3. The van der Waals surface area contributed by atoms with Gasteiger partial charge < -0.3 is 10.0 Å². The van der Waals surface area contributed by atoms with Crippen LogP contribution in [-0.4, -0.2) is 23.5 Å². The number of amides is 1. The Morgan fingerprint density at radius 1 is 1.56 bits per heavy atom. The summed E-state index contributed by atoms with van der Waals surface area (Å²) < 4.78 is 0. The van der Waals surface area contributed by atoms with Gasteiger partial charge in [0.05, 0.1) is 11.3 Å². The molecule has 1 saturated heterocycles. The van der Waals surface area contributed by atoms with Gasteiger partial charge in [-0.05, 0) is 19.1 Å². The maximum atomic E-state index is 11.9. The molecule has 1 amide bonds. The smallest absolute Gasteiger partial charge is 0.337 e. The first-order chi connectivity index (χ1) is 8.52. The van der Waals surface area contributed by atoms with Crippen molar-refractivity contribution in [1.82, 2.24) is 0 Å². The van der Waals surface area contributed by atoms with Crippen molar-refractivity contribution in [1.29, 1.82) is 0 Å². The van der Waals surface area contributed by atoms with Crippen LogP contribution in [0.4, 0.5) is 5.69 Å². The molecule has 0 radical (unpaired) electrons. The van der Waals surface area contributed by atoms with Gasteiger partial charge in [-0.25, -0.2) is 4.79 Å². The first-order valence-corrected chi connectivity index (χ1v) is 5.79. The van der Waals surface area contributed by atoms with Crippen LogP contribution in [-0.2, 0) is 4.79 Å². The van der Waals surface area contributed by atoms with Crippen molar-refractivity contribution in [3.05, 3.63) is 42.0 Å². The van der Waals surface area contributed by atoms with Gasteiger partial charge in [0.1, 0.15) is 0 Å². The number of carbonyl (C=O) groups is 2. The first kappa shape index (κ1) is 12.4. The van der Waals surface area contributed by atoms with Crippen molar-refractivity contribution < 1.29 is 14.7 Å². The highest BCUT2D eigenvalue weighted by Crippen LogP contribution is 2.29. The van der Waals surface area contributed by atoms with Gasteiger partial charge in [-0.15, -0.1) is 6.58 Å². The minimum absolute atomic E-state index is 0.0498. The Morgan fingerprint density at radius 2 is 2.28 bits per heavy atom. The molecule has 1 unspecified atom stereocenters. The molecule has 2 rings (SSSR count). The fourth-order valence-electron chi connectivity index (χ4n) is 2.18. The summed E-state index contributed by atoms with van der Waals surface area (Å²) in [5.74, 6) is -0.963. The largest absolute Gasteiger partial charge is 0.478 e. The average Bonchev–Trinajstić information content (AvgIpc) is 2.70. The number of anilines is 1. The van der Waals surface area contributed by atoms with Crippen LogP contribution >= 0.6 is 0 Å². The second kappa shape index (κ2) is 4.64. The lowest BCUT2D eigenvalue weighted by Crippen LogP contribution is -2.26. The maximum Gasteiger partial charge on any atom is 0.337 e. The van der Waals surface area contributed by atoms with E-state index in [0.29, 0.717) is 18.7 Å². The molecule has 0 saturated carbocycles. The molecule has 0 bridgehead atoms. The van der Waals surface area contributed by atoms with E-state index in [1.807, 2.05) is 13.0 Å². The molecule has 1 aliphatic rings. The van der Waals surface area contributed by atoms with Gasteiger partial charge in [-0.2, -0.15) is 0 Å². The highest BCUT2D eigenvalue weighted by atomic mass is 16.4. The predicted octanol–water partition coefficient (Wildman–Crippen LogP) is 2.23. The number of aromatic carboxylic acids is 1. The zero-order valence-corrected chi connectivity index (χ0v) is 10.2. The lowest BCUT2D eigenvalue weighted by atomic mass is 10.1. The SMILES string of the molecule is C=CC1CC(=O)N(c2ccc(C)cc2C(=O)O)C1. The molecule has 4 heteroatoms. The van der Waals surface area contributed by atoms with Crippen LogP contribution in [0.1, 0.15) is 22.3 Å². The zero-order valence-electron chi connectivity index (χ0n) is 10.2. The molecule has 1 aromatic carbocycles. The Hall–Kier alpha value is -2.10. The monoisotopic (exact) mass is 245 g/mol. The average molecular weight is 245 g/mol. The van der Waals surface area contributed by atoms with E-state index < -0.39 is 5.97 Å². The Bertz CT molecular complexity index is 522. The molecule has 0 aliphatic carbocycles. The van der Waals surface area contributed by atoms with E-state index >= 15 is 0 Å². The van der Waals surface area contributed by atoms with Gasteiger partial charge in [0, 0.05) is 18.9 Å². The molecule has 0 spiro atoms. The Morgan fingerprint density at radius 3 is 2.83 bits per heavy atom. The molecule has 1 heterocycles. The summed E-state index contributed by atoms with van der Waals surface area (Å²) in [6.45, 7) is 6.02. The van der Waals surface area contributed by atoms with Crippen molar-refractivity contribution in [2.75, 3.05) is 11.4 Å². The van der Waals surface area contributed by atoms with Crippen molar-refractivity contribution in [2.45, 2.75) is 13.3 Å². The highest BCUT2D eigenvalue weighted by molar-refractivity contribution is 6.03. The summed E-state index contributed by atoms with van der Waals surface area (Å²) in [4.78, 5) is 24.7. The van der Waals surface area contributed by atoms with Crippen LogP contribution in [0.25, 0.3) is 0 Å². The van der Waals surface area contributed by atoms with Crippen LogP contribution in [0.5, 0.6) is 0 Å². The number of benzene rings is 1. The standard InChI is InChI=1S/C14H15NO3/c1-3-10-7-13(16)15(8-10)12-5-4-9(2)6-11(12)14(17)18/h3-6,10H,1,7-8H2,2H3,(H,17,18). The van der Waals surface area contributed by atoms with Crippen LogP contribution < -0.4 is 4.90 Å². The second-order valence-corrected chi connectivity index (χ2v) is 4.53. The summed E-state index contributed by atoms with van der Waals surface area (Å²) in [7, 11) is 0. The molecule has 1 aliphatic heterocycles. The Kier molecular flexibility index (Phi) is 3.19. The maximum absolute atomic E-state index is 11.9. The first-order valence-electron chi connectivity index (χ1n) is 5.79. The third-order valence-corrected chi connectivity index (χ3v) is 3.16. The van der Waals surface area contributed by atoms with E-state index in [0.717, 1.165) is 5.56 Å². The Labute approximate surface area is 106 Å². The zero-order chi connectivity index (χ0) is 13.3. The molecule has 18 heavy (non-hydrogen) atoms. The van der Waals surface area contributed by atoms with Crippen LogP contribution in [0.2, 0.25) is 0 Å². The molecule has 1 aromatic rings. The quantitative estimate of drug-likeness (QED) is 0.831. The van der Waals surface area contributed by atoms with Crippen LogP contribution in [0.15, 0.2) is 30.9 Å². The fraction of sp³-hybridized carbons (Fsp3) is 0.286. The number of carboxylic acid groups (broad SMARTS) is 1. The lowest BCUT2D eigenvalue weighted by Gasteiger charge is -2.19. The van der Waals surface area contributed by atoms with Crippen LogP contribution in [0, 0.1) is 12.8 Å². The topological polar surface area (TPSA) is 57.6 Å². The molecule has 4 nitrogen and oxygen atoms in total. The van der Waals surface area contributed by atoms with E-state index in [1.165, 1.54) is 4.90 Å². The normalized spacial score (nSPS) is 19.1. The minimum atomic E-state index is -1.01. The van der Waals surface area contributed by atoms with Gasteiger partial charge in [-0.1, -0.05) is 17.7 Å². The van der Waals surface area contributed by atoms with Crippen molar-refractivity contribution in [2.24, 2.45) is 5.92 Å².